The third kappa shape index (κ3) is 7.51. The number of likely N-dealkylation sites (tertiary alicyclic amines) is 1. The highest BCUT2D eigenvalue weighted by Gasteiger charge is 2.54. The first kappa shape index (κ1) is 34.1. The Balaban J connectivity index is 1.24. The average molecular weight is 646 g/mol. The third-order valence-corrected chi connectivity index (χ3v) is 9.33. The van der Waals surface area contributed by atoms with Gasteiger partial charge >= 0.3 is 0 Å². The Kier molecular flexibility index (Phi) is 10.0. The molecule has 4 aromatic rings. The second-order valence-electron chi connectivity index (χ2n) is 14.4. The molecule has 0 saturated carbocycles. The Morgan fingerprint density at radius 2 is 1.83 bits per heavy atom. The number of aromatic amines is 1. The second-order valence-corrected chi connectivity index (χ2v) is 14.4. The zero-order chi connectivity index (χ0) is 33.8. The average Bonchev–Trinajstić information content (AvgIpc) is 3.44. The number of methoxy groups -OCH3 is 1. The summed E-state index contributed by atoms with van der Waals surface area (Å²) >= 11 is 0. The molecule has 11 heteroatoms. The predicted octanol–water partition coefficient (Wildman–Crippen LogP) is 7.51. The molecule has 0 unspecified atom stereocenters. The first-order chi connectivity index (χ1) is 22.3. The Morgan fingerprint density at radius 3 is 2.55 bits per heavy atom. The lowest BCUT2D eigenvalue weighted by Crippen LogP contribution is -2.66. The molecule has 0 bridgehead atoms. The van der Waals surface area contributed by atoms with Crippen molar-refractivity contribution in [2.45, 2.75) is 79.2 Å². The zero-order valence-electron chi connectivity index (χ0n) is 28.7. The van der Waals surface area contributed by atoms with Gasteiger partial charge in [0.2, 0.25) is 5.91 Å². The number of aromatic nitrogens is 4. The summed E-state index contributed by atoms with van der Waals surface area (Å²) in [5, 5.41) is 13.8. The molecule has 1 aliphatic rings. The van der Waals surface area contributed by atoms with Crippen LogP contribution in [-0.2, 0) is 11.2 Å². The van der Waals surface area contributed by atoms with E-state index in [0.29, 0.717) is 46.6 Å². The number of H-pyrrole nitrogens is 1. The third-order valence-electron chi connectivity index (χ3n) is 9.33. The van der Waals surface area contributed by atoms with Crippen molar-refractivity contribution in [1.82, 2.24) is 25.1 Å². The van der Waals surface area contributed by atoms with E-state index in [1.54, 1.807) is 25.3 Å². The highest BCUT2D eigenvalue weighted by atomic mass is 19.1. The summed E-state index contributed by atoms with van der Waals surface area (Å²) in [5.41, 5.74) is 2.08. The smallest absolute Gasteiger partial charge is 0.230 e. The van der Waals surface area contributed by atoms with Crippen LogP contribution in [0.2, 0.25) is 0 Å². The maximum Gasteiger partial charge on any atom is 0.230 e. The lowest BCUT2D eigenvalue weighted by Gasteiger charge is -2.62. The summed E-state index contributed by atoms with van der Waals surface area (Å²) < 4.78 is 25.5. The molecule has 2 aromatic heterocycles. The quantitative estimate of drug-likeness (QED) is 0.144. The molecule has 47 heavy (non-hydrogen) atoms. The molecule has 1 amide bonds. The molecular weight excluding hydrogens is 597 g/mol. The van der Waals surface area contributed by atoms with Gasteiger partial charge in [-0.1, -0.05) is 54.0 Å². The minimum Gasteiger partial charge on any atom is -0.493 e. The Bertz CT molecular complexity index is 1680. The standard InChI is InChI=1S/C36H48FN7O3/c1-34(2,3)36(35(4,5)6)14-8-9-15-44(36)16-11-17-47-30-22-28-27(21-29(30)46-7)33(39-23-38-28)41-31-19-26(42-43-31)20-32(45)40-25-13-10-12-24(37)18-25/h10,12-13,18-19,21-23H,8-9,11,14-17,20H2,1-7H3,(H,40,45)(H2,38,39,41,42,43). The number of hydrogen-bond donors (Lipinski definition) is 3. The van der Waals surface area contributed by atoms with Crippen molar-refractivity contribution >= 4 is 34.1 Å². The van der Waals surface area contributed by atoms with Crippen molar-refractivity contribution in [3.63, 3.8) is 0 Å². The van der Waals surface area contributed by atoms with Gasteiger partial charge in [-0.05, 0) is 60.9 Å². The Hall–Kier alpha value is -4.25. The number of amides is 1. The first-order valence-electron chi connectivity index (χ1n) is 16.4. The molecule has 1 aliphatic heterocycles. The number of nitrogens with zero attached hydrogens (tertiary/aromatic N) is 4. The predicted molar refractivity (Wildman–Crippen MR) is 184 cm³/mol. The van der Waals surface area contributed by atoms with Gasteiger partial charge in [0, 0.05) is 41.0 Å². The number of ether oxygens (including phenoxy) is 2. The maximum atomic E-state index is 13.5. The number of hydrogen-bond acceptors (Lipinski definition) is 8. The summed E-state index contributed by atoms with van der Waals surface area (Å²) in [6, 6.07) is 11.2. The molecule has 0 aliphatic carbocycles. The summed E-state index contributed by atoms with van der Waals surface area (Å²) in [4.78, 5) is 24.1. The van der Waals surface area contributed by atoms with Crippen molar-refractivity contribution in [3.05, 3.63) is 60.3 Å². The largest absolute Gasteiger partial charge is 0.493 e. The molecular formula is C36H48FN7O3. The summed E-state index contributed by atoms with van der Waals surface area (Å²) in [5.74, 6) is 1.52. The zero-order valence-corrected chi connectivity index (χ0v) is 28.7. The molecule has 0 radical (unpaired) electrons. The van der Waals surface area contributed by atoms with Gasteiger partial charge in [0.05, 0.1) is 25.7 Å². The minimum atomic E-state index is -0.417. The fourth-order valence-electron chi connectivity index (χ4n) is 7.61. The number of fused-ring (bicyclic) bond motifs is 1. The Labute approximate surface area is 276 Å². The van der Waals surface area contributed by atoms with Crippen molar-refractivity contribution in [1.29, 1.82) is 0 Å². The maximum absolute atomic E-state index is 13.5. The Morgan fingerprint density at radius 1 is 1.04 bits per heavy atom. The van der Waals surface area contributed by atoms with Gasteiger partial charge in [-0.25, -0.2) is 14.4 Å². The van der Waals surface area contributed by atoms with E-state index in [1.165, 1.54) is 37.7 Å². The van der Waals surface area contributed by atoms with E-state index in [9.17, 15) is 9.18 Å². The van der Waals surface area contributed by atoms with Crippen molar-refractivity contribution in [2.75, 3.05) is 37.4 Å². The van der Waals surface area contributed by atoms with Crippen molar-refractivity contribution in [3.8, 4) is 11.5 Å². The fourth-order valence-corrected chi connectivity index (χ4v) is 7.61. The normalized spacial score (nSPS) is 15.4. The number of benzene rings is 2. The minimum absolute atomic E-state index is 0.0371. The molecule has 1 fully saturated rings. The number of piperidine rings is 1. The molecule has 1 saturated heterocycles. The number of halogens is 1. The van der Waals surface area contributed by atoms with Gasteiger partial charge in [-0.2, -0.15) is 5.10 Å². The summed E-state index contributed by atoms with van der Waals surface area (Å²) in [6.07, 6.45) is 6.12. The van der Waals surface area contributed by atoms with Gasteiger partial charge in [0.25, 0.3) is 0 Å². The van der Waals surface area contributed by atoms with Crippen LogP contribution in [0.15, 0.2) is 48.8 Å². The first-order valence-corrected chi connectivity index (χ1v) is 16.4. The van der Waals surface area contributed by atoms with Gasteiger partial charge < -0.3 is 20.1 Å². The number of carbonyl (C=O) groups is 1. The topological polar surface area (TPSA) is 117 Å². The monoisotopic (exact) mass is 645 g/mol. The molecule has 2 aromatic carbocycles. The van der Waals surface area contributed by atoms with E-state index in [4.69, 9.17) is 9.47 Å². The van der Waals surface area contributed by atoms with Crippen LogP contribution in [0.5, 0.6) is 11.5 Å². The van der Waals surface area contributed by atoms with Crippen LogP contribution in [-0.4, -0.2) is 63.3 Å². The van der Waals surface area contributed by atoms with Crippen molar-refractivity contribution < 1.29 is 18.7 Å². The van der Waals surface area contributed by atoms with E-state index < -0.39 is 5.82 Å². The lowest BCUT2D eigenvalue weighted by atomic mass is 9.56. The summed E-state index contributed by atoms with van der Waals surface area (Å²) in [6.45, 7) is 17.0. The van der Waals surface area contributed by atoms with E-state index in [1.807, 2.05) is 12.1 Å². The lowest BCUT2D eigenvalue weighted by molar-refractivity contribution is -0.115. The van der Waals surface area contributed by atoms with E-state index in [2.05, 4.69) is 77.2 Å². The molecule has 0 atom stereocenters. The highest BCUT2D eigenvalue weighted by Crippen LogP contribution is 2.53. The number of rotatable bonds is 11. The molecule has 10 nitrogen and oxygen atoms in total. The molecule has 3 heterocycles. The number of anilines is 3. The van der Waals surface area contributed by atoms with Gasteiger partial charge in [-0.3, -0.25) is 14.8 Å². The van der Waals surface area contributed by atoms with Crippen LogP contribution in [0.25, 0.3) is 10.9 Å². The van der Waals surface area contributed by atoms with E-state index in [0.717, 1.165) is 24.9 Å². The van der Waals surface area contributed by atoms with Crippen LogP contribution < -0.4 is 20.1 Å². The molecule has 252 valence electrons. The number of carbonyl (C=O) groups excluding carboxylic acids is 1. The van der Waals surface area contributed by atoms with E-state index >= 15 is 0 Å². The van der Waals surface area contributed by atoms with Crippen LogP contribution in [0, 0.1) is 16.6 Å². The highest BCUT2D eigenvalue weighted by molar-refractivity contribution is 5.93. The SMILES string of the molecule is COc1cc2c(Nc3cc(CC(=O)Nc4cccc(F)c4)[nH]n3)ncnc2cc1OCCCN1CCCCC1(C(C)(C)C)C(C)(C)C. The fraction of sp³-hybridized carbons (Fsp3) is 0.500. The number of nitrogens with one attached hydrogen (secondary N) is 3. The van der Waals surface area contributed by atoms with E-state index in [-0.39, 0.29) is 28.7 Å². The second kappa shape index (κ2) is 13.9. The van der Waals surface area contributed by atoms with Gasteiger partial charge in [0.1, 0.15) is 18.0 Å². The molecule has 5 rings (SSSR count). The van der Waals surface area contributed by atoms with Crippen molar-refractivity contribution in [2.24, 2.45) is 10.8 Å². The van der Waals surface area contributed by atoms with Gasteiger partial charge in [-0.15, -0.1) is 0 Å². The molecule has 3 N–H and O–H groups in total. The van der Waals surface area contributed by atoms with Gasteiger partial charge in [0.15, 0.2) is 17.3 Å². The van der Waals surface area contributed by atoms with Crippen LogP contribution >= 0.6 is 0 Å². The van der Waals surface area contributed by atoms with Crippen LogP contribution in [0.1, 0.15) is 72.9 Å². The molecule has 0 spiro atoms. The van der Waals surface area contributed by atoms with Crippen LogP contribution in [0.4, 0.5) is 21.7 Å². The van der Waals surface area contributed by atoms with Crippen LogP contribution in [0.3, 0.4) is 0 Å². The summed E-state index contributed by atoms with van der Waals surface area (Å²) in [7, 11) is 1.62.